The van der Waals surface area contributed by atoms with Gasteiger partial charge in [0.1, 0.15) is 24.6 Å². The number of fused-ring (bicyclic) bond motifs is 3. The fourth-order valence-corrected chi connectivity index (χ4v) is 4.32. The van der Waals surface area contributed by atoms with Crippen LogP contribution in [0.2, 0.25) is 0 Å². The van der Waals surface area contributed by atoms with E-state index in [0.717, 1.165) is 37.0 Å². The van der Waals surface area contributed by atoms with Crippen LogP contribution in [-0.4, -0.2) is 63.8 Å². The second-order valence-corrected chi connectivity index (χ2v) is 7.86. The zero-order valence-electron chi connectivity index (χ0n) is 17.2. The molecule has 1 aromatic heterocycles. The number of carbonyl (C=O) groups excluding carboxylic acids is 2. The third-order valence-electron chi connectivity index (χ3n) is 5.81. The molecule has 1 fully saturated rings. The van der Waals surface area contributed by atoms with E-state index in [1.165, 1.54) is 0 Å². The number of imidazole rings is 1. The van der Waals surface area contributed by atoms with E-state index in [0.29, 0.717) is 54.7 Å². The maximum absolute atomic E-state index is 13.3. The summed E-state index contributed by atoms with van der Waals surface area (Å²) in [5.41, 5.74) is 1.56. The Morgan fingerprint density at radius 2 is 2.27 bits per heavy atom. The average Bonchev–Trinajstić information content (AvgIpc) is 3.42. The van der Waals surface area contributed by atoms with Gasteiger partial charge in [0, 0.05) is 6.54 Å². The van der Waals surface area contributed by atoms with Gasteiger partial charge < -0.3 is 19.4 Å². The van der Waals surface area contributed by atoms with Crippen molar-refractivity contribution in [3.05, 3.63) is 18.0 Å². The monoisotopic (exact) mass is 416 g/mol. The van der Waals surface area contributed by atoms with Gasteiger partial charge in [-0.2, -0.15) is 0 Å². The Balaban J connectivity index is 1.59. The zero-order chi connectivity index (χ0) is 21.1. The van der Waals surface area contributed by atoms with Gasteiger partial charge in [-0.3, -0.25) is 14.8 Å². The molecule has 1 saturated heterocycles. The summed E-state index contributed by atoms with van der Waals surface area (Å²) in [6.07, 6.45) is 4.46. The molecule has 2 atom stereocenters. The fourth-order valence-electron chi connectivity index (χ4n) is 4.32. The highest BCUT2D eigenvalue weighted by molar-refractivity contribution is 5.85. The molecule has 2 N–H and O–H groups in total. The predicted octanol–water partition coefficient (Wildman–Crippen LogP) is 2.65. The van der Waals surface area contributed by atoms with Crippen LogP contribution in [0.3, 0.4) is 0 Å². The van der Waals surface area contributed by atoms with Gasteiger partial charge in [0.15, 0.2) is 11.5 Å². The number of unbranched alkanes of at least 4 members (excludes halogenated alkanes) is 1. The van der Waals surface area contributed by atoms with Gasteiger partial charge in [0.05, 0.1) is 24.0 Å². The number of ether oxygens (including phenoxy) is 2. The minimum atomic E-state index is -0.436. The van der Waals surface area contributed by atoms with Gasteiger partial charge >= 0.3 is 0 Å². The SMILES string of the molecule is CCCC[C@H](CN(O)C=O)C(=O)N1CCC[C@H]1c1nc2c3c(ccc2[nH]1)OCCO3. The minimum absolute atomic E-state index is 0.00434. The number of hydrogen-bond acceptors (Lipinski definition) is 6. The Kier molecular flexibility index (Phi) is 6.08. The Morgan fingerprint density at radius 1 is 1.43 bits per heavy atom. The molecule has 9 heteroatoms. The largest absolute Gasteiger partial charge is 0.486 e. The second-order valence-electron chi connectivity index (χ2n) is 7.86. The average molecular weight is 416 g/mol. The van der Waals surface area contributed by atoms with Crippen LogP contribution in [0.4, 0.5) is 0 Å². The first kappa shape index (κ1) is 20.5. The molecule has 0 spiro atoms. The van der Waals surface area contributed by atoms with E-state index in [4.69, 9.17) is 14.5 Å². The molecule has 1 aromatic carbocycles. The van der Waals surface area contributed by atoms with Gasteiger partial charge in [-0.25, -0.2) is 10.0 Å². The molecule has 0 bridgehead atoms. The number of carbonyl (C=O) groups is 2. The summed E-state index contributed by atoms with van der Waals surface area (Å²) >= 11 is 0. The predicted molar refractivity (Wildman–Crippen MR) is 108 cm³/mol. The lowest BCUT2D eigenvalue weighted by molar-refractivity contribution is -0.157. The smallest absolute Gasteiger partial charge is 0.233 e. The van der Waals surface area contributed by atoms with Crippen LogP contribution in [0.15, 0.2) is 12.1 Å². The molecule has 3 heterocycles. The van der Waals surface area contributed by atoms with Gasteiger partial charge in [-0.15, -0.1) is 0 Å². The first-order valence-corrected chi connectivity index (χ1v) is 10.6. The van der Waals surface area contributed by atoms with Crippen molar-refractivity contribution >= 4 is 23.4 Å². The van der Waals surface area contributed by atoms with Crippen molar-refractivity contribution in [2.75, 3.05) is 26.3 Å². The maximum atomic E-state index is 13.3. The highest BCUT2D eigenvalue weighted by Crippen LogP contribution is 2.39. The number of nitrogens with zero attached hydrogens (tertiary/aromatic N) is 3. The van der Waals surface area contributed by atoms with Crippen LogP contribution >= 0.6 is 0 Å². The number of rotatable bonds is 8. The van der Waals surface area contributed by atoms with Gasteiger partial charge in [0.2, 0.25) is 12.3 Å². The van der Waals surface area contributed by atoms with E-state index in [1.54, 1.807) is 0 Å². The van der Waals surface area contributed by atoms with E-state index in [9.17, 15) is 14.8 Å². The standard InChI is InChI=1S/C21H28N4O5/c1-2-3-5-14(12-24(28)13-26)21(27)25-9-4-6-16(25)20-22-15-7-8-17-19(18(15)23-20)30-11-10-29-17/h7-8,13-14,16,28H,2-6,9-12H2,1H3,(H,22,23)/t14-,16+/m1/s1. The number of benzene rings is 1. The van der Waals surface area contributed by atoms with Crippen molar-refractivity contribution in [3.63, 3.8) is 0 Å². The third kappa shape index (κ3) is 3.94. The van der Waals surface area contributed by atoms with E-state index >= 15 is 0 Å². The zero-order valence-corrected chi connectivity index (χ0v) is 17.2. The third-order valence-corrected chi connectivity index (χ3v) is 5.81. The summed E-state index contributed by atoms with van der Waals surface area (Å²) in [7, 11) is 0. The van der Waals surface area contributed by atoms with Crippen LogP contribution in [-0.2, 0) is 9.59 Å². The summed E-state index contributed by atoms with van der Waals surface area (Å²) in [5.74, 6) is 1.56. The number of aromatic nitrogens is 2. The number of H-pyrrole nitrogens is 1. The van der Waals surface area contributed by atoms with Gasteiger partial charge in [-0.05, 0) is 31.4 Å². The lowest BCUT2D eigenvalue weighted by Crippen LogP contribution is -2.40. The van der Waals surface area contributed by atoms with Crippen molar-refractivity contribution in [2.45, 2.75) is 45.1 Å². The molecule has 2 aliphatic heterocycles. The molecule has 2 amide bonds. The topological polar surface area (TPSA) is 108 Å². The highest BCUT2D eigenvalue weighted by Gasteiger charge is 2.36. The lowest BCUT2D eigenvalue weighted by Gasteiger charge is -2.29. The fraction of sp³-hybridized carbons (Fsp3) is 0.571. The van der Waals surface area contributed by atoms with Crippen molar-refractivity contribution in [2.24, 2.45) is 5.92 Å². The molecule has 2 aliphatic rings. The lowest BCUT2D eigenvalue weighted by atomic mass is 9.99. The molecule has 162 valence electrons. The number of hydroxylamine groups is 2. The molecular formula is C21H28N4O5. The van der Waals surface area contributed by atoms with Crippen LogP contribution in [0.5, 0.6) is 11.5 Å². The molecule has 4 rings (SSSR count). The highest BCUT2D eigenvalue weighted by atomic mass is 16.6. The van der Waals surface area contributed by atoms with E-state index < -0.39 is 5.92 Å². The maximum Gasteiger partial charge on any atom is 0.233 e. The molecule has 9 nitrogen and oxygen atoms in total. The number of likely N-dealkylation sites (tertiary alicyclic amines) is 1. The summed E-state index contributed by atoms with van der Waals surface area (Å²) in [6.45, 7) is 3.69. The van der Waals surface area contributed by atoms with E-state index in [-0.39, 0.29) is 18.5 Å². The molecule has 0 aliphatic carbocycles. The van der Waals surface area contributed by atoms with Gasteiger partial charge in [0.25, 0.3) is 0 Å². The molecule has 30 heavy (non-hydrogen) atoms. The van der Waals surface area contributed by atoms with Crippen LogP contribution in [0.25, 0.3) is 11.0 Å². The van der Waals surface area contributed by atoms with Crippen LogP contribution < -0.4 is 9.47 Å². The number of amides is 2. The Labute approximate surface area is 174 Å². The number of aromatic amines is 1. The Morgan fingerprint density at radius 3 is 3.07 bits per heavy atom. The van der Waals surface area contributed by atoms with Crippen molar-refractivity contribution in [1.29, 1.82) is 0 Å². The summed E-state index contributed by atoms with van der Waals surface area (Å²) in [4.78, 5) is 34.1. The van der Waals surface area contributed by atoms with Crippen molar-refractivity contribution in [1.82, 2.24) is 19.9 Å². The Bertz CT molecular complexity index is 914. The molecule has 0 saturated carbocycles. The second kappa shape index (κ2) is 8.91. The normalized spacial score (nSPS) is 19.1. The first-order valence-electron chi connectivity index (χ1n) is 10.6. The summed E-state index contributed by atoms with van der Waals surface area (Å²) in [5, 5.41) is 10.2. The molecule has 0 unspecified atom stereocenters. The van der Waals surface area contributed by atoms with Gasteiger partial charge in [-0.1, -0.05) is 19.8 Å². The first-order chi connectivity index (χ1) is 14.6. The number of hydrogen-bond donors (Lipinski definition) is 2. The number of nitrogens with one attached hydrogen (secondary N) is 1. The minimum Gasteiger partial charge on any atom is -0.486 e. The van der Waals surface area contributed by atoms with Crippen LogP contribution in [0.1, 0.15) is 50.9 Å². The van der Waals surface area contributed by atoms with Crippen LogP contribution in [0, 0.1) is 5.92 Å². The Hall–Kier alpha value is -2.81. The summed E-state index contributed by atoms with van der Waals surface area (Å²) < 4.78 is 11.4. The molecule has 0 radical (unpaired) electrons. The van der Waals surface area contributed by atoms with Crippen molar-refractivity contribution in [3.8, 4) is 11.5 Å². The van der Waals surface area contributed by atoms with E-state index in [2.05, 4.69) is 11.9 Å². The molecule has 2 aromatic rings. The van der Waals surface area contributed by atoms with Crippen molar-refractivity contribution < 1.29 is 24.3 Å². The van der Waals surface area contributed by atoms with E-state index in [1.807, 2.05) is 17.0 Å². The summed E-state index contributed by atoms with van der Waals surface area (Å²) in [6, 6.07) is 3.61. The molecular weight excluding hydrogens is 388 g/mol. The quantitative estimate of drug-likeness (QED) is 0.389.